The molecular weight excluding hydrogens is 374 g/mol. The molecule has 0 fully saturated rings. The average Bonchev–Trinajstić information content (AvgIpc) is 2.66. The zero-order chi connectivity index (χ0) is 20.5. The number of aryl methyl sites for hydroxylation is 1. The third-order valence-electron chi connectivity index (χ3n) is 4.34. The Labute approximate surface area is 170 Å². The van der Waals surface area contributed by atoms with Crippen LogP contribution in [0.15, 0.2) is 46.1 Å². The number of esters is 1. The maximum Gasteiger partial charge on any atom is 0.338 e. The number of thioether (sulfide) groups is 1. The minimum atomic E-state index is -0.368. The Balaban J connectivity index is 1.93. The molecule has 0 aliphatic carbocycles. The topological polar surface area (TPSA) is 59.8 Å². The summed E-state index contributed by atoms with van der Waals surface area (Å²) in [6.07, 6.45) is 3.02. The first-order valence-electron chi connectivity index (χ1n) is 9.60. The van der Waals surface area contributed by atoms with Crippen LogP contribution in [0.1, 0.15) is 32.3 Å². The number of fused-ring (bicyclic) bond motifs is 1. The van der Waals surface area contributed by atoms with E-state index < -0.39 is 0 Å². The van der Waals surface area contributed by atoms with Crippen LogP contribution >= 0.6 is 11.8 Å². The lowest BCUT2D eigenvalue weighted by Crippen LogP contribution is -2.32. The van der Waals surface area contributed by atoms with Crippen LogP contribution in [0.25, 0.3) is 11.0 Å². The molecule has 2 aromatic rings. The van der Waals surface area contributed by atoms with Crippen LogP contribution in [-0.2, 0) is 9.53 Å². The molecule has 0 saturated carbocycles. The molecule has 0 aliphatic rings. The number of carbonyl (C=O) groups excluding carboxylic acids is 1. The van der Waals surface area contributed by atoms with Crippen molar-refractivity contribution in [1.82, 2.24) is 0 Å². The third kappa shape index (κ3) is 6.44. The van der Waals surface area contributed by atoms with Gasteiger partial charge in [0.15, 0.2) is 0 Å². The van der Waals surface area contributed by atoms with Crippen molar-refractivity contribution in [2.24, 2.45) is 0 Å². The lowest BCUT2D eigenvalue weighted by Gasteiger charge is -2.29. The fourth-order valence-corrected chi connectivity index (χ4v) is 3.85. The SMILES string of the molecule is C=CC(=O)OCCCSCCCN(c1cc(=O)oc2ccc(C)cc12)C(C)C. The van der Waals surface area contributed by atoms with Crippen LogP contribution in [-0.4, -0.2) is 36.7 Å². The van der Waals surface area contributed by atoms with E-state index in [-0.39, 0.29) is 17.6 Å². The summed E-state index contributed by atoms with van der Waals surface area (Å²) in [5, 5.41) is 0.977. The van der Waals surface area contributed by atoms with Crippen molar-refractivity contribution in [2.75, 3.05) is 29.6 Å². The first kappa shape index (κ1) is 22.1. The van der Waals surface area contributed by atoms with E-state index >= 15 is 0 Å². The maximum absolute atomic E-state index is 12.0. The van der Waals surface area contributed by atoms with Crippen LogP contribution in [0.4, 0.5) is 5.69 Å². The Bertz CT molecular complexity index is 859. The van der Waals surface area contributed by atoms with Gasteiger partial charge in [-0.3, -0.25) is 0 Å². The van der Waals surface area contributed by atoms with Gasteiger partial charge in [0, 0.05) is 30.1 Å². The number of nitrogens with zero attached hydrogens (tertiary/aromatic N) is 1. The molecule has 0 atom stereocenters. The first-order valence-corrected chi connectivity index (χ1v) is 10.8. The van der Waals surface area contributed by atoms with Gasteiger partial charge in [0.1, 0.15) is 5.58 Å². The quantitative estimate of drug-likeness (QED) is 0.237. The van der Waals surface area contributed by atoms with Gasteiger partial charge in [-0.25, -0.2) is 9.59 Å². The summed E-state index contributed by atoms with van der Waals surface area (Å²) in [6.45, 7) is 11.0. The molecule has 0 aliphatic heterocycles. The largest absolute Gasteiger partial charge is 0.463 e. The van der Waals surface area contributed by atoms with E-state index in [0.717, 1.165) is 47.5 Å². The summed E-state index contributed by atoms with van der Waals surface area (Å²) >= 11 is 1.85. The lowest BCUT2D eigenvalue weighted by molar-refractivity contribution is -0.137. The van der Waals surface area contributed by atoms with Crippen molar-refractivity contribution in [3.8, 4) is 0 Å². The maximum atomic E-state index is 12.0. The van der Waals surface area contributed by atoms with E-state index in [2.05, 4.69) is 31.4 Å². The Morgan fingerprint density at radius 1 is 1.29 bits per heavy atom. The second-order valence-electron chi connectivity index (χ2n) is 6.93. The van der Waals surface area contributed by atoms with Gasteiger partial charge in [-0.15, -0.1) is 0 Å². The van der Waals surface area contributed by atoms with E-state index in [4.69, 9.17) is 9.15 Å². The van der Waals surface area contributed by atoms with Gasteiger partial charge in [0.05, 0.1) is 12.3 Å². The molecular formula is C22H29NO4S. The van der Waals surface area contributed by atoms with Crippen molar-refractivity contribution < 1.29 is 13.9 Å². The standard InChI is InChI=1S/C22H29NO4S/c1-5-21(24)26-11-7-13-28-12-6-10-23(16(2)3)19-15-22(25)27-20-9-8-17(4)14-18(19)20/h5,8-9,14-16H,1,6-7,10-13H2,2-4H3. The Hall–Kier alpha value is -2.21. The van der Waals surface area contributed by atoms with Crippen molar-refractivity contribution >= 4 is 34.4 Å². The Kier molecular flexibility index (Phi) is 8.64. The zero-order valence-electron chi connectivity index (χ0n) is 16.9. The van der Waals surface area contributed by atoms with Crippen LogP contribution in [0.3, 0.4) is 0 Å². The summed E-state index contributed by atoms with van der Waals surface area (Å²) in [7, 11) is 0. The summed E-state index contributed by atoms with van der Waals surface area (Å²) in [6, 6.07) is 7.76. The van der Waals surface area contributed by atoms with Crippen molar-refractivity contribution in [3.05, 3.63) is 52.9 Å². The van der Waals surface area contributed by atoms with Gasteiger partial charge in [-0.05, 0) is 57.3 Å². The second kappa shape index (κ2) is 11.0. The molecule has 1 aromatic carbocycles. The predicted octanol–water partition coefficient (Wildman–Crippen LogP) is 4.56. The first-order chi connectivity index (χ1) is 13.4. The smallest absolute Gasteiger partial charge is 0.338 e. The van der Waals surface area contributed by atoms with Gasteiger partial charge >= 0.3 is 11.6 Å². The van der Waals surface area contributed by atoms with E-state index in [1.165, 1.54) is 6.08 Å². The van der Waals surface area contributed by atoms with Gasteiger partial charge < -0.3 is 14.1 Å². The highest BCUT2D eigenvalue weighted by molar-refractivity contribution is 7.99. The normalized spacial score (nSPS) is 11.0. The van der Waals surface area contributed by atoms with E-state index in [9.17, 15) is 9.59 Å². The van der Waals surface area contributed by atoms with Crippen molar-refractivity contribution in [3.63, 3.8) is 0 Å². The van der Waals surface area contributed by atoms with Crippen LogP contribution in [0, 0.1) is 6.92 Å². The molecule has 0 unspecified atom stereocenters. The van der Waals surface area contributed by atoms with E-state index in [1.807, 2.05) is 30.8 Å². The molecule has 0 N–H and O–H groups in total. The number of anilines is 1. The second-order valence-corrected chi connectivity index (χ2v) is 8.15. The molecule has 2 rings (SSSR count). The van der Waals surface area contributed by atoms with Crippen LogP contribution in [0.5, 0.6) is 0 Å². The van der Waals surface area contributed by atoms with Gasteiger partial charge in [-0.1, -0.05) is 18.2 Å². The highest BCUT2D eigenvalue weighted by atomic mass is 32.2. The molecule has 1 aromatic heterocycles. The predicted molar refractivity (Wildman–Crippen MR) is 117 cm³/mol. The molecule has 0 saturated heterocycles. The van der Waals surface area contributed by atoms with Crippen LogP contribution in [0.2, 0.25) is 0 Å². The summed E-state index contributed by atoms with van der Waals surface area (Å²) in [5.74, 6) is 1.59. The molecule has 0 amide bonds. The number of ether oxygens (including phenoxy) is 1. The molecule has 0 bridgehead atoms. The Morgan fingerprint density at radius 2 is 2.04 bits per heavy atom. The van der Waals surface area contributed by atoms with Gasteiger partial charge in [-0.2, -0.15) is 11.8 Å². The van der Waals surface area contributed by atoms with E-state index in [0.29, 0.717) is 12.2 Å². The fraction of sp³-hybridized carbons (Fsp3) is 0.455. The minimum absolute atomic E-state index is 0.272. The zero-order valence-corrected chi connectivity index (χ0v) is 17.7. The highest BCUT2D eigenvalue weighted by Crippen LogP contribution is 2.28. The van der Waals surface area contributed by atoms with Crippen molar-refractivity contribution in [2.45, 2.75) is 39.7 Å². The third-order valence-corrected chi connectivity index (χ3v) is 5.50. The number of hydrogen-bond donors (Lipinski definition) is 0. The van der Waals surface area contributed by atoms with E-state index in [1.54, 1.807) is 6.07 Å². The average molecular weight is 404 g/mol. The monoisotopic (exact) mass is 403 g/mol. The van der Waals surface area contributed by atoms with Crippen LogP contribution < -0.4 is 10.5 Å². The fourth-order valence-electron chi connectivity index (χ4n) is 2.99. The molecule has 5 nitrogen and oxygen atoms in total. The Morgan fingerprint density at radius 3 is 2.75 bits per heavy atom. The molecule has 0 spiro atoms. The summed E-state index contributed by atoms with van der Waals surface area (Å²) < 4.78 is 10.3. The molecule has 152 valence electrons. The summed E-state index contributed by atoms with van der Waals surface area (Å²) in [4.78, 5) is 25.3. The number of carbonyl (C=O) groups is 1. The number of benzene rings is 1. The van der Waals surface area contributed by atoms with Gasteiger partial charge in [0.2, 0.25) is 0 Å². The van der Waals surface area contributed by atoms with Crippen molar-refractivity contribution in [1.29, 1.82) is 0 Å². The highest BCUT2D eigenvalue weighted by Gasteiger charge is 2.16. The molecule has 1 heterocycles. The minimum Gasteiger partial charge on any atom is -0.463 e. The summed E-state index contributed by atoms with van der Waals surface area (Å²) in [5.41, 5.74) is 2.38. The lowest BCUT2D eigenvalue weighted by atomic mass is 10.1. The molecule has 28 heavy (non-hydrogen) atoms. The number of hydrogen-bond acceptors (Lipinski definition) is 6. The molecule has 6 heteroatoms. The molecule has 0 radical (unpaired) electrons. The van der Waals surface area contributed by atoms with Gasteiger partial charge in [0.25, 0.3) is 0 Å². The number of rotatable bonds is 11.